The van der Waals surface area contributed by atoms with Crippen molar-refractivity contribution in [2.24, 2.45) is 0 Å². The summed E-state index contributed by atoms with van der Waals surface area (Å²) in [4.78, 5) is 22.4. The van der Waals surface area contributed by atoms with E-state index in [1.54, 1.807) is 0 Å². The Labute approximate surface area is 216 Å². The molecule has 0 atom stereocenters. The first-order valence-electron chi connectivity index (χ1n) is 13.5. The molecule has 0 bridgehead atoms. The van der Waals surface area contributed by atoms with Crippen LogP contribution in [0.4, 0.5) is 5.69 Å². The molecular formula is C29H32N8. The summed E-state index contributed by atoms with van der Waals surface area (Å²) in [5, 5.41) is 10.1. The maximum absolute atomic E-state index is 4.74. The van der Waals surface area contributed by atoms with Gasteiger partial charge < -0.3 is 9.88 Å². The molecule has 0 aromatic carbocycles. The van der Waals surface area contributed by atoms with Crippen molar-refractivity contribution in [3.8, 4) is 22.6 Å². The third kappa shape index (κ3) is 4.35. The highest BCUT2D eigenvalue weighted by atomic mass is 15.1. The number of piperidine rings is 2. The largest absolute Gasteiger partial charge is 0.370 e. The molecule has 2 N–H and O–H groups in total. The van der Waals surface area contributed by atoms with Gasteiger partial charge in [0.15, 0.2) is 0 Å². The minimum Gasteiger partial charge on any atom is -0.370 e. The molecule has 0 aliphatic carbocycles. The molecule has 0 spiro atoms. The second kappa shape index (κ2) is 9.59. The first-order valence-corrected chi connectivity index (χ1v) is 13.5. The van der Waals surface area contributed by atoms with E-state index in [0.29, 0.717) is 0 Å². The number of pyridine rings is 3. The van der Waals surface area contributed by atoms with E-state index >= 15 is 0 Å². The lowest BCUT2D eigenvalue weighted by Gasteiger charge is -2.28. The number of fused-ring (bicyclic) bond motifs is 2. The highest BCUT2D eigenvalue weighted by Gasteiger charge is 2.18. The lowest BCUT2D eigenvalue weighted by atomic mass is 10.1. The zero-order valence-corrected chi connectivity index (χ0v) is 21.1. The van der Waals surface area contributed by atoms with Crippen molar-refractivity contribution in [3.05, 3.63) is 54.7 Å². The highest BCUT2D eigenvalue weighted by Crippen LogP contribution is 2.34. The first kappa shape index (κ1) is 22.4. The Balaban J connectivity index is 1.23. The van der Waals surface area contributed by atoms with E-state index < -0.39 is 0 Å². The number of nitrogens with zero attached hydrogens (tertiary/aromatic N) is 6. The van der Waals surface area contributed by atoms with Gasteiger partial charge in [-0.25, -0.2) is 0 Å². The second-order valence-corrected chi connectivity index (χ2v) is 10.5. The number of likely N-dealkylation sites (tertiary alicyclic amines) is 1. The monoisotopic (exact) mass is 492 g/mol. The molecule has 8 nitrogen and oxygen atoms in total. The Morgan fingerprint density at radius 1 is 0.730 bits per heavy atom. The molecule has 37 heavy (non-hydrogen) atoms. The molecule has 0 saturated carbocycles. The molecule has 5 aromatic heterocycles. The predicted octanol–water partition coefficient (Wildman–Crippen LogP) is 5.54. The number of hydrogen-bond acceptors (Lipinski definition) is 6. The number of hydrogen-bond donors (Lipinski definition) is 2. The van der Waals surface area contributed by atoms with Crippen LogP contribution < -0.4 is 4.90 Å². The standard InChI is InChI=1S/C29H32N8/c1-3-7-36(8-4-1)19-20-11-21(15-30-14-20)24-13-23-27(17-32-24)34-35-29(23)25-12-22-26(33-25)16-31-18-28(22)37-9-5-2-6-10-37/h11-18,33H,1-10,19H2,(H,34,35). The first-order chi connectivity index (χ1) is 18.3. The molecule has 0 unspecified atom stereocenters. The van der Waals surface area contributed by atoms with Gasteiger partial charge >= 0.3 is 0 Å². The molecule has 188 valence electrons. The van der Waals surface area contributed by atoms with Crippen LogP contribution in [0, 0.1) is 0 Å². The van der Waals surface area contributed by atoms with E-state index in [1.807, 2.05) is 31.0 Å². The van der Waals surface area contributed by atoms with Crippen LogP contribution in [0.5, 0.6) is 0 Å². The van der Waals surface area contributed by atoms with Gasteiger partial charge in [-0.1, -0.05) is 6.42 Å². The van der Waals surface area contributed by atoms with Gasteiger partial charge in [-0.3, -0.25) is 25.0 Å². The third-order valence-electron chi connectivity index (χ3n) is 7.87. The Kier molecular flexibility index (Phi) is 5.81. The van der Waals surface area contributed by atoms with Crippen molar-refractivity contribution >= 4 is 27.5 Å². The van der Waals surface area contributed by atoms with Gasteiger partial charge in [0.25, 0.3) is 0 Å². The zero-order chi connectivity index (χ0) is 24.6. The smallest absolute Gasteiger partial charge is 0.116 e. The Hall–Kier alpha value is -3.78. The van der Waals surface area contributed by atoms with Crippen molar-refractivity contribution in [1.82, 2.24) is 35.0 Å². The van der Waals surface area contributed by atoms with Crippen molar-refractivity contribution in [2.75, 3.05) is 31.1 Å². The summed E-state index contributed by atoms with van der Waals surface area (Å²) >= 11 is 0. The average Bonchev–Trinajstić information content (AvgIpc) is 3.58. The predicted molar refractivity (Wildman–Crippen MR) is 147 cm³/mol. The van der Waals surface area contributed by atoms with E-state index in [1.165, 1.54) is 68.3 Å². The number of nitrogens with one attached hydrogen (secondary N) is 2. The van der Waals surface area contributed by atoms with Crippen molar-refractivity contribution < 1.29 is 0 Å². The number of aromatic amines is 2. The van der Waals surface area contributed by atoms with Crippen LogP contribution in [-0.4, -0.2) is 61.2 Å². The Morgan fingerprint density at radius 3 is 2.41 bits per heavy atom. The van der Waals surface area contributed by atoms with Crippen LogP contribution in [0.3, 0.4) is 0 Å². The summed E-state index contributed by atoms with van der Waals surface area (Å²) < 4.78 is 0. The summed E-state index contributed by atoms with van der Waals surface area (Å²) in [5.74, 6) is 0. The number of anilines is 1. The van der Waals surface area contributed by atoms with Gasteiger partial charge in [-0.05, 0) is 69.0 Å². The lowest BCUT2D eigenvalue weighted by Crippen LogP contribution is -2.29. The molecular weight excluding hydrogens is 460 g/mol. The van der Waals surface area contributed by atoms with Gasteiger partial charge in [0.2, 0.25) is 0 Å². The molecule has 0 radical (unpaired) electrons. The van der Waals surface area contributed by atoms with E-state index in [4.69, 9.17) is 4.98 Å². The topological polar surface area (TPSA) is 89.6 Å². The van der Waals surface area contributed by atoms with E-state index in [9.17, 15) is 0 Å². The number of H-pyrrole nitrogens is 2. The van der Waals surface area contributed by atoms with Crippen molar-refractivity contribution in [1.29, 1.82) is 0 Å². The lowest BCUT2D eigenvalue weighted by molar-refractivity contribution is 0.220. The SMILES string of the molecule is c1ncc(-c2cc3c(-c4cc5c(N6CCCCC6)cncc5[nH]4)n[nH]c3cn2)cc1CN1CCCCC1. The molecule has 2 aliphatic heterocycles. The van der Waals surface area contributed by atoms with E-state index in [2.05, 4.69) is 53.1 Å². The summed E-state index contributed by atoms with van der Waals surface area (Å²) in [6, 6.07) is 6.58. The molecule has 7 heterocycles. The summed E-state index contributed by atoms with van der Waals surface area (Å²) in [5.41, 5.74) is 8.24. The molecule has 5 aromatic rings. The van der Waals surface area contributed by atoms with Crippen LogP contribution in [0.2, 0.25) is 0 Å². The molecule has 7 rings (SSSR count). The minimum absolute atomic E-state index is 0.900. The zero-order valence-electron chi connectivity index (χ0n) is 21.1. The van der Waals surface area contributed by atoms with Gasteiger partial charge in [0, 0.05) is 48.4 Å². The number of aromatic nitrogens is 6. The summed E-state index contributed by atoms with van der Waals surface area (Å²) in [7, 11) is 0. The Bertz CT molecular complexity index is 1540. The molecule has 2 aliphatic rings. The van der Waals surface area contributed by atoms with E-state index in [0.717, 1.165) is 58.7 Å². The molecule has 8 heteroatoms. The van der Waals surface area contributed by atoms with Crippen molar-refractivity contribution in [3.63, 3.8) is 0 Å². The van der Waals surface area contributed by atoms with Crippen LogP contribution in [0.15, 0.2) is 49.2 Å². The van der Waals surface area contributed by atoms with Crippen LogP contribution in [0.25, 0.3) is 44.5 Å². The maximum atomic E-state index is 4.74. The normalized spacial score (nSPS) is 17.1. The van der Waals surface area contributed by atoms with Gasteiger partial charge in [-0.15, -0.1) is 0 Å². The van der Waals surface area contributed by atoms with Crippen molar-refractivity contribution in [2.45, 2.75) is 45.1 Å². The minimum atomic E-state index is 0.900. The average molecular weight is 493 g/mol. The van der Waals surface area contributed by atoms with Crippen LogP contribution in [0.1, 0.15) is 44.1 Å². The number of rotatable bonds is 5. The summed E-state index contributed by atoms with van der Waals surface area (Å²) in [6.45, 7) is 5.47. The molecule has 0 amide bonds. The second-order valence-electron chi connectivity index (χ2n) is 10.5. The fourth-order valence-electron chi connectivity index (χ4n) is 5.92. The third-order valence-corrected chi connectivity index (χ3v) is 7.87. The Morgan fingerprint density at radius 2 is 1.54 bits per heavy atom. The van der Waals surface area contributed by atoms with E-state index in [-0.39, 0.29) is 0 Å². The van der Waals surface area contributed by atoms with Gasteiger partial charge in [-0.2, -0.15) is 5.10 Å². The van der Waals surface area contributed by atoms with Gasteiger partial charge in [0.1, 0.15) is 5.69 Å². The maximum Gasteiger partial charge on any atom is 0.116 e. The molecule has 2 fully saturated rings. The summed E-state index contributed by atoms with van der Waals surface area (Å²) in [6.07, 6.45) is 17.4. The fraction of sp³-hybridized carbons (Fsp3) is 0.379. The fourth-order valence-corrected chi connectivity index (χ4v) is 5.92. The van der Waals surface area contributed by atoms with Gasteiger partial charge in [0.05, 0.1) is 46.7 Å². The highest BCUT2D eigenvalue weighted by molar-refractivity contribution is 6.00. The van der Waals surface area contributed by atoms with Crippen LogP contribution >= 0.6 is 0 Å². The van der Waals surface area contributed by atoms with Crippen LogP contribution in [-0.2, 0) is 6.54 Å². The molecule has 2 saturated heterocycles. The quantitative estimate of drug-likeness (QED) is 0.335.